The fraction of sp³-hybridized carbons (Fsp3) is 0.237. The van der Waals surface area contributed by atoms with Crippen molar-refractivity contribution in [3.05, 3.63) is 119 Å². The van der Waals surface area contributed by atoms with E-state index in [0.717, 1.165) is 0 Å². The van der Waals surface area contributed by atoms with Gasteiger partial charge in [0.05, 0.1) is 5.56 Å². The molecular formula is C38H34O8. The average Bonchev–Trinajstić information content (AvgIpc) is 3.28. The maximum absolute atomic E-state index is 13.6. The summed E-state index contributed by atoms with van der Waals surface area (Å²) < 4.78 is 28.7. The van der Waals surface area contributed by atoms with Crippen LogP contribution in [0.4, 0.5) is 9.59 Å². The van der Waals surface area contributed by atoms with Crippen molar-refractivity contribution >= 4 is 39.8 Å². The molecule has 5 aromatic carbocycles. The van der Waals surface area contributed by atoms with Gasteiger partial charge in [0.15, 0.2) is 5.60 Å². The Kier molecular flexibility index (Phi) is 7.47. The van der Waals surface area contributed by atoms with Crippen LogP contribution in [-0.4, -0.2) is 29.5 Å². The first-order valence-corrected chi connectivity index (χ1v) is 15.0. The highest BCUT2D eigenvalue weighted by atomic mass is 16.7. The first-order chi connectivity index (χ1) is 21.8. The molecule has 5 aromatic rings. The molecule has 0 saturated heterocycles. The first-order valence-electron chi connectivity index (χ1n) is 15.0. The highest BCUT2D eigenvalue weighted by Gasteiger charge is 2.50. The van der Waals surface area contributed by atoms with E-state index in [1.165, 1.54) is 0 Å². The monoisotopic (exact) mass is 618 g/mol. The van der Waals surface area contributed by atoms with Crippen LogP contribution < -0.4 is 9.47 Å². The minimum absolute atomic E-state index is 0.298. The Bertz CT molecular complexity index is 1900. The minimum Gasteiger partial charge on any atom is -0.441 e. The Morgan fingerprint density at radius 2 is 0.957 bits per heavy atom. The lowest BCUT2D eigenvalue weighted by atomic mass is 9.76. The third-order valence-corrected chi connectivity index (χ3v) is 7.46. The van der Waals surface area contributed by atoms with E-state index in [9.17, 15) is 14.4 Å². The van der Waals surface area contributed by atoms with E-state index in [0.29, 0.717) is 55.3 Å². The van der Waals surface area contributed by atoms with Gasteiger partial charge in [-0.2, -0.15) is 0 Å². The van der Waals surface area contributed by atoms with Crippen LogP contribution in [0.15, 0.2) is 97.1 Å². The van der Waals surface area contributed by atoms with Crippen LogP contribution in [0.1, 0.15) is 68.6 Å². The number of esters is 1. The number of hydrogen-bond donors (Lipinski definition) is 0. The third-order valence-electron chi connectivity index (χ3n) is 7.46. The van der Waals surface area contributed by atoms with Crippen molar-refractivity contribution in [3.63, 3.8) is 0 Å². The molecule has 0 radical (unpaired) electrons. The molecular weight excluding hydrogens is 584 g/mol. The van der Waals surface area contributed by atoms with Crippen molar-refractivity contribution in [1.29, 1.82) is 0 Å². The standard InChI is InChI=1S/C38H34O8/c1-36(2,3)45-34(40)42-31-21-11-14-23-25(31)16-9-19-28(23)38(30-18-8-7-13-27(30)33(39)44-38)29-20-10-17-26-24(29)15-12-22-32(26)43-35(41)46-37(4,5)6/h7-22H,1-6H3. The highest BCUT2D eigenvalue weighted by molar-refractivity contribution is 6.02. The lowest BCUT2D eigenvalue weighted by Gasteiger charge is -2.32. The van der Waals surface area contributed by atoms with Gasteiger partial charge < -0.3 is 23.7 Å². The van der Waals surface area contributed by atoms with Crippen molar-refractivity contribution in [2.24, 2.45) is 0 Å². The second kappa shape index (κ2) is 11.2. The van der Waals surface area contributed by atoms with Gasteiger partial charge in [-0.3, -0.25) is 0 Å². The molecule has 8 heteroatoms. The van der Waals surface area contributed by atoms with Crippen LogP contribution in [0.5, 0.6) is 11.5 Å². The molecule has 0 saturated carbocycles. The van der Waals surface area contributed by atoms with Crippen LogP contribution in [0.2, 0.25) is 0 Å². The normalized spacial score (nSPS) is 14.0. The third kappa shape index (κ3) is 5.62. The summed E-state index contributed by atoms with van der Waals surface area (Å²) in [6.45, 7) is 10.6. The Hall–Kier alpha value is -5.37. The van der Waals surface area contributed by atoms with Crippen LogP contribution in [0.25, 0.3) is 21.5 Å². The summed E-state index contributed by atoms with van der Waals surface area (Å²) in [7, 11) is 0. The Morgan fingerprint density at radius 3 is 1.43 bits per heavy atom. The average molecular weight is 619 g/mol. The number of fused-ring (bicyclic) bond motifs is 3. The van der Waals surface area contributed by atoms with Gasteiger partial charge in [0.25, 0.3) is 0 Å². The Balaban J connectivity index is 1.58. The van der Waals surface area contributed by atoms with Gasteiger partial charge in [0.2, 0.25) is 0 Å². The van der Waals surface area contributed by atoms with Gasteiger partial charge >= 0.3 is 18.3 Å². The van der Waals surface area contributed by atoms with Crippen molar-refractivity contribution < 1.29 is 38.1 Å². The second-order valence-electron chi connectivity index (χ2n) is 13.1. The summed E-state index contributed by atoms with van der Waals surface area (Å²) >= 11 is 0. The van der Waals surface area contributed by atoms with Gasteiger partial charge in [0, 0.05) is 27.5 Å². The summed E-state index contributed by atoms with van der Waals surface area (Å²) in [6, 6.07) is 29.1. The number of cyclic esters (lactones) is 1. The lowest BCUT2D eigenvalue weighted by Crippen LogP contribution is -2.30. The molecule has 1 heterocycles. The van der Waals surface area contributed by atoms with Gasteiger partial charge in [-0.25, -0.2) is 14.4 Å². The topological polar surface area (TPSA) is 97.4 Å². The quantitative estimate of drug-likeness (QED) is 0.112. The zero-order valence-corrected chi connectivity index (χ0v) is 26.5. The first kappa shape index (κ1) is 30.6. The summed E-state index contributed by atoms with van der Waals surface area (Å²) in [5, 5.41) is 2.65. The largest absolute Gasteiger partial charge is 0.514 e. The predicted molar refractivity (Wildman–Crippen MR) is 173 cm³/mol. The molecule has 0 amide bonds. The smallest absolute Gasteiger partial charge is 0.441 e. The molecule has 1 aliphatic rings. The molecule has 0 unspecified atom stereocenters. The van der Waals surface area contributed by atoms with E-state index in [4.69, 9.17) is 23.7 Å². The van der Waals surface area contributed by atoms with Crippen LogP contribution in [0, 0.1) is 0 Å². The van der Waals surface area contributed by atoms with Crippen molar-refractivity contribution in [2.45, 2.75) is 58.3 Å². The number of ether oxygens (including phenoxy) is 5. The molecule has 0 atom stereocenters. The zero-order valence-electron chi connectivity index (χ0n) is 26.5. The molecule has 0 fully saturated rings. The number of carbonyl (C=O) groups excluding carboxylic acids is 3. The molecule has 46 heavy (non-hydrogen) atoms. The highest BCUT2D eigenvalue weighted by Crippen LogP contribution is 2.51. The lowest BCUT2D eigenvalue weighted by molar-refractivity contribution is 0.0196. The summed E-state index contributed by atoms with van der Waals surface area (Å²) in [4.78, 5) is 39.0. The molecule has 234 valence electrons. The number of carbonyl (C=O) groups is 3. The molecule has 0 bridgehead atoms. The molecule has 1 aliphatic heterocycles. The van der Waals surface area contributed by atoms with Crippen molar-refractivity contribution in [3.8, 4) is 11.5 Å². The van der Waals surface area contributed by atoms with Crippen molar-refractivity contribution in [1.82, 2.24) is 0 Å². The van der Waals surface area contributed by atoms with Crippen LogP contribution in [0.3, 0.4) is 0 Å². The molecule has 0 spiro atoms. The fourth-order valence-corrected chi connectivity index (χ4v) is 5.84. The number of benzene rings is 5. The zero-order chi connectivity index (χ0) is 32.9. The molecule has 6 rings (SSSR count). The Labute approximate surface area is 266 Å². The van der Waals surface area contributed by atoms with Gasteiger partial charge in [0.1, 0.15) is 22.7 Å². The van der Waals surface area contributed by atoms with Gasteiger partial charge in [-0.05, 0) is 70.5 Å². The van der Waals surface area contributed by atoms with E-state index < -0.39 is 35.1 Å². The maximum atomic E-state index is 13.6. The van der Waals surface area contributed by atoms with Crippen LogP contribution in [-0.2, 0) is 19.8 Å². The number of rotatable bonds is 4. The predicted octanol–water partition coefficient (Wildman–Crippen LogP) is 9.08. The SMILES string of the molecule is CC(C)(C)OC(=O)Oc1cccc2c(C3(c4cccc5c(OC(=O)OC(C)(C)C)cccc45)OC(=O)c4ccccc43)cccc12. The van der Waals surface area contributed by atoms with E-state index in [1.807, 2.05) is 60.7 Å². The summed E-state index contributed by atoms with van der Waals surface area (Å²) in [5.41, 5.74) is -0.497. The van der Waals surface area contributed by atoms with E-state index in [1.54, 1.807) is 77.9 Å². The summed E-state index contributed by atoms with van der Waals surface area (Å²) in [6.07, 6.45) is -1.66. The summed E-state index contributed by atoms with van der Waals surface area (Å²) in [5.74, 6) is 0.117. The van der Waals surface area contributed by atoms with Crippen molar-refractivity contribution in [2.75, 3.05) is 0 Å². The van der Waals surface area contributed by atoms with E-state index in [2.05, 4.69) is 0 Å². The van der Waals surface area contributed by atoms with Gasteiger partial charge in [-0.1, -0.05) is 78.9 Å². The molecule has 0 aromatic heterocycles. The van der Waals surface area contributed by atoms with Gasteiger partial charge in [-0.15, -0.1) is 0 Å². The molecule has 0 N–H and O–H groups in total. The Morgan fingerprint density at radius 1 is 0.543 bits per heavy atom. The fourth-order valence-electron chi connectivity index (χ4n) is 5.84. The minimum atomic E-state index is -1.41. The number of hydrogen-bond acceptors (Lipinski definition) is 8. The maximum Gasteiger partial charge on any atom is 0.514 e. The van der Waals surface area contributed by atoms with E-state index in [-0.39, 0.29) is 0 Å². The van der Waals surface area contributed by atoms with E-state index >= 15 is 0 Å². The molecule has 8 nitrogen and oxygen atoms in total. The van der Waals surface area contributed by atoms with Crippen LogP contribution >= 0.6 is 0 Å². The molecule has 0 aliphatic carbocycles. The second-order valence-corrected chi connectivity index (χ2v) is 13.1.